The molecule has 5 heteroatoms. The highest BCUT2D eigenvalue weighted by molar-refractivity contribution is 5.81. The van der Waals surface area contributed by atoms with Crippen molar-refractivity contribution in [2.45, 2.75) is 6.92 Å². The fourth-order valence-electron chi connectivity index (χ4n) is 3.44. The van der Waals surface area contributed by atoms with Gasteiger partial charge in [0.15, 0.2) is 11.6 Å². The number of aryl methyl sites for hydroxylation is 1. The monoisotopic (exact) mass is 379 g/mol. The summed E-state index contributed by atoms with van der Waals surface area (Å²) in [6.45, 7) is 1.96. The Bertz CT molecular complexity index is 1370. The number of fused-ring (bicyclic) bond motifs is 1. The van der Waals surface area contributed by atoms with Gasteiger partial charge in [0.2, 0.25) is 5.89 Å². The Morgan fingerprint density at radius 3 is 2.28 bits per heavy atom. The maximum absolute atomic E-state index is 13.2. The van der Waals surface area contributed by atoms with Crippen LogP contribution in [0.25, 0.3) is 39.5 Å². The second-order valence-electron chi connectivity index (χ2n) is 6.79. The van der Waals surface area contributed by atoms with Crippen molar-refractivity contribution in [2.24, 2.45) is 0 Å². The first-order valence-electron chi connectivity index (χ1n) is 9.31. The molecule has 5 nitrogen and oxygen atoms in total. The van der Waals surface area contributed by atoms with E-state index in [1.807, 2.05) is 79.7 Å². The van der Waals surface area contributed by atoms with Crippen molar-refractivity contribution >= 4 is 10.9 Å². The van der Waals surface area contributed by atoms with Gasteiger partial charge in [-0.05, 0) is 30.7 Å². The van der Waals surface area contributed by atoms with Crippen LogP contribution in [0, 0.1) is 6.92 Å². The number of pyridine rings is 2. The van der Waals surface area contributed by atoms with Crippen LogP contribution in [0.15, 0.2) is 94.4 Å². The average molecular weight is 379 g/mol. The Hall–Kier alpha value is -3.99. The molecule has 0 atom stereocenters. The molecular formula is C24H17N3O2. The van der Waals surface area contributed by atoms with E-state index in [1.165, 1.54) is 4.57 Å². The Morgan fingerprint density at radius 2 is 1.55 bits per heavy atom. The SMILES string of the molecule is Cc1cn(-c2nc(-c3ccccc3)oc2-c2ccccc2)c(=O)c2ncccc12. The molecule has 0 spiro atoms. The topological polar surface area (TPSA) is 60.9 Å². The molecule has 0 aliphatic rings. The molecule has 3 heterocycles. The normalized spacial score (nSPS) is 11.1. The van der Waals surface area contributed by atoms with Gasteiger partial charge in [0, 0.05) is 28.9 Å². The molecule has 0 saturated heterocycles. The van der Waals surface area contributed by atoms with Crippen LogP contribution in [0.5, 0.6) is 0 Å². The lowest BCUT2D eigenvalue weighted by atomic mass is 10.1. The van der Waals surface area contributed by atoms with Crippen molar-refractivity contribution < 1.29 is 4.42 Å². The molecule has 140 valence electrons. The van der Waals surface area contributed by atoms with Crippen molar-refractivity contribution in [3.8, 4) is 28.6 Å². The van der Waals surface area contributed by atoms with Gasteiger partial charge in [-0.15, -0.1) is 0 Å². The minimum Gasteiger partial charge on any atom is -0.434 e. The van der Waals surface area contributed by atoms with Gasteiger partial charge in [0.25, 0.3) is 5.56 Å². The highest BCUT2D eigenvalue weighted by Gasteiger charge is 2.20. The zero-order valence-electron chi connectivity index (χ0n) is 15.7. The standard InChI is InChI=1S/C24H17N3O2/c1-16-15-27(24(28)20-19(16)13-8-14-25-20)22-21(17-9-4-2-5-10-17)29-23(26-22)18-11-6-3-7-12-18/h2-15H,1H3. The summed E-state index contributed by atoms with van der Waals surface area (Å²) in [6.07, 6.45) is 3.43. The Morgan fingerprint density at radius 1 is 0.862 bits per heavy atom. The fourth-order valence-corrected chi connectivity index (χ4v) is 3.44. The van der Waals surface area contributed by atoms with Gasteiger partial charge in [0.1, 0.15) is 5.52 Å². The van der Waals surface area contributed by atoms with Gasteiger partial charge in [-0.25, -0.2) is 0 Å². The molecule has 29 heavy (non-hydrogen) atoms. The number of hydrogen-bond donors (Lipinski definition) is 0. The van der Waals surface area contributed by atoms with E-state index in [4.69, 9.17) is 9.40 Å². The number of aromatic nitrogens is 3. The number of oxazole rings is 1. The van der Waals surface area contributed by atoms with Crippen LogP contribution in [0.2, 0.25) is 0 Å². The molecule has 5 rings (SSSR count). The van der Waals surface area contributed by atoms with Crippen molar-refractivity contribution in [3.05, 3.63) is 101 Å². The second-order valence-corrected chi connectivity index (χ2v) is 6.79. The van der Waals surface area contributed by atoms with E-state index in [2.05, 4.69) is 4.98 Å². The average Bonchev–Trinajstić information content (AvgIpc) is 3.23. The summed E-state index contributed by atoms with van der Waals surface area (Å²) in [5, 5.41) is 0.835. The van der Waals surface area contributed by atoms with E-state index in [0.717, 1.165) is 22.1 Å². The lowest BCUT2D eigenvalue weighted by molar-refractivity contribution is 0.588. The second kappa shape index (κ2) is 6.87. The van der Waals surface area contributed by atoms with E-state index < -0.39 is 0 Å². The van der Waals surface area contributed by atoms with Gasteiger partial charge in [-0.1, -0.05) is 54.6 Å². The Labute approximate surface area is 166 Å². The number of benzene rings is 2. The molecule has 0 saturated carbocycles. The van der Waals surface area contributed by atoms with E-state index >= 15 is 0 Å². The maximum atomic E-state index is 13.2. The minimum absolute atomic E-state index is 0.226. The Kier molecular flexibility index (Phi) is 4.06. The molecular weight excluding hydrogens is 362 g/mol. The maximum Gasteiger partial charge on any atom is 0.282 e. The molecule has 0 fully saturated rings. The largest absolute Gasteiger partial charge is 0.434 e. The molecule has 0 radical (unpaired) electrons. The van der Waals surface area contributed by atoms with Crippen LogP contribution < -0.4 is 5.56 Å². The predicted octanol–water partition coefficient (Wildman–Crippen LogP) is 5.02. The third-order valence-corrected chi connectivity index (χ3v) is 4.87. The van der Waals surface area contributed by atoms with Crippen molar-refractivity contribution in [1.29, 1.82) is 0 Å². The van der Waals surface area contributed by atoms with Crippen LogP contribution in [-0.4, -0.2) is 14.5 Å². The lowest BCUT2D eigenvalue weighted by Crippen LogP contribution is -2.20. The minimum atomic E-state index is -0.226. The third-order valence-electron chi connectivity index (χ3n) is 4.87. The zero-order valence-corrected chi connectivity index (χ0v) is 15.7. The number of nitrogens with zero attached hydrogens (tertiary/aromatic N) is 3. The lowest BCUT2D eigenvalue weighted by Gasteiger charge is -2.08. The van der Waals surface area contributed by atoms with Gasteiger partial charge >= 0.3 is 0 Å². The molecule has 0 unspecified atom stereocenters. The van der Waals surface area contributed by atoms with Gasteiger partial charge in [-0.2, -0.15) is 4.98 Å². The molecule has 5 aromatic rings. The van der Waals surface area contributed by atoms with Crippen LogP contribution in [0.4, 0.5) is 0 Å². The van der Waals surface area contributed by atoms with Gasteiger partial charge < -0.3 is 4.42 Å². The van der Waals surface area contributed by atoms with E-state index in [1.54, 1.807) is 12.4 Å². The van der Waals surface area contributed by atoms with Crippen LogP contribution in [-0.2, 0) is 0 Å². The van der Waals surface area contributed by atoms with Crippen LogP contribution >= 0.6 is 0 Å². The first-order valence-corrected chi connectivity index (χ1v) is 9.31. The number of rotatable bonds is 3. The molecule has 0 amide bonds. The summed E-state index contributed by atoms with van der Waals surface area (Å²) in [4.78, 5) is 22.2. The van der Waals surface area contributed by atoms with Gasteiger partial charge in [0.05, 0.1) is 0 Å². The molecule has 0 bridgehead atoms. The summed E-state index contributed by atoms with van der Waals surface area (Å²) >= 11 is 0. The summed E-state index contributed by atoms with van der Waals surface area (Å²) < 4.78 is 7.69. The number of hydrogen-bond acceptors (Lipinski definition) is 4. The highest BCUT2D eigenvalue weighted by Crippen LogP contribution is 2.32. The van der Waals surface area contributed by atoms with E-state index in [-0.39, 0.29) is 5.56 Å². The van der Waals surface area contributed by atoms with Crippen molar-refractivity contribution in [3.63, 3.8) is 0 Å². The van der Waals surface area contributed by atoms with Crippen molar-refractivity contribution in [1.82, 2.24) is 14.5 Å². The summed E-state index contributed by atoms with van der Waals surface area (Å²) in [6, 6.07) is 23.1. The van der Waals surface area contributed by atoms with Gasteiger partial charge in [-0.3, -0.25) is 14.3 Å². The molecule has 0 N–H and O–H groups in total. The first-order chi connectivity index (χ1) is 14.2. The third kappa shape index (κ3) is 2.93. The van der Waals surface area contributed by atoms with Crippen molar-refractivity contribution in [2.75, 3.05) is 0 Å². The van der Waals surface area contributed by atoms with E-state index in [9.17, 15) is 4.79 Å². The summed E-state index contributed by atoms with van der Waals surface area (Å²) in [7, 11) is 0. The highest BCUT2D eigenvalue weighted by atomic mass is 16.4. The predicted molar refractivity (Wildman–Crippen MR) is 113 cm³/mol. The molecule has 0 aliphatic carbocycles. The quantitative estimate of drug-likeness (QED) is 0.442. The van der Waals surface area contributed by atoms with E-state index in [0.29, 0.717) is 23.0 Å². The Balaban J connectivity index is 1.81. The summed E-state index contributed by atoms with van der Waals surface area (Å²) in [5.74, 6) is 1.46. The van der Waals surface area contributed by atoms with Crippen LogP contribution in [0.3, 0.4) is 0 Å². The molecule has 0 aliphatic heterocycles. The first kappa shape index (κ1) is 17.1. The molecule has 2 aromatic carbocycles. The molecule has 3 aromatic heterocycles. The summed E-state index contributed by atoms with van der Waals surface area (Å²) in [5.41, 5.74) is 2.82. The fraction of sp³-hybridized carbons (Fsp3) is 0.0417. The zero-order chi connectivity index (χ0) is 19.8. The van der Waals surface area contributed by atoms with Crippen LogP contribution in [0.1, 0.15) is 5.56 Å². The smallest absolute Gasteiger partial charge is 0.282 e.